The van der Waals surface area contributed by atoms with Crippen LogP contribution < -0.4 is 10.6 Å². The summed E-state index contributed by atoms with van der Waals surface area (Å²) in [5, 5.41) is 15.5. The molecule has 3 N–H and O–H groups in total. The number of carbonyl (C=O) groups is 3. The van der Waals surface area contributed by atoms with Gasteiger partial charge in [0.2, 0.25) is 11.8 Å². The van der Waals surface area contributed by atoms with Gasteiger partial charge in [-0.25, -0.2) is 8.78 Å². The second-order valence-electron chi connectivity index (χ2n) is 9.79. The number of likely N-dealkylation sites (N-methyl/N-ethyl adjacent to an activating group) is 1. The van der Waals surface area contributed by atoms with Crippen LogP contribution in [0.1, 0.15) is 54.5 Å². The van der Waals surface area contributed by atoms with Crippen LogP contribution >= 0.6 is 0 Å². The van der Waals surface area contributed by atoms with Crippen LogP contribution in [0.3, 0.4) is 0 Å². The Labute approximate surface area is 225 Å². The summed E-state index contributed by atoms with van der Waals surface area (Å²) in [4.78, 5) is 41.2. The van der Waals surface area contributed by atoms with Gasteiger partial charge in [-0.2, -0.15) is 0 Å². The van der Waals surface area contributed by atoms with Gasteiger partial charge in [-0.05, 0) is 48.6 Å². The lowest BCUT2D eigenvalue weighted by Gasteiger charge is -2.30. The first kappa shape index (κ1) is 27.9. The molecule has 4 rings (SSSR count). The van der Waals surface area contributed by atoms with Crippen LogP contribution in [0.2, 0.25) is 0 Å². The van der Waals surface area contributed by atoms with E-state index in [0.29, 0.717) is 18.9 Å². The molecule has 204 valence electrons. The van der Waals surface area contributed by atoms with Crippen molar-refractivity contribution in [2.75, 3.05) is 7.05 Å². The maximum absolute atomic E-state index is 13.8. The lowest BCUT2D eigenvalue weighted by Crippen LogP contribution is -2.54. The summed E-state index contributed by atoms with van der Waals surface area (Å²) < 4.78 is 27.1. The summed E-state index contributed by atoms with van der Waals surface area (Å²) in [5.41, 5.74) is 1.61. The number of nitrogens with one attached hydrogen (secondary N) is 2. The predicted molar refractivity (Wildman–Crippen MR) is 141 cm³/mol. The highest BCUT2D eigenvalue weighted by Gasteiger charge is 2.40. The quantitative estimate of drug-likeness (QED) is 0.429. The van der Waals surface area contributed by atoms with Crippen LogP contribution in [-0.4, -0.2) is 46.9 Å². The molecule has 0 radical (unpaired) electrons. The monoisotopic (exact) mass is 535 g/mol. The second kappa shape index (κ2) is 12.2. The van der Waals surface area contributed by atoms with Crippen molar-refractivity contribution in [3.8, 4) is 0 Å². The smallest absolute Gasteiger partial charge is 0.254 e. The summed E-state index contributed by atoms with van der Waals surface area (Å²) in [6.07, 6.45) is -0.587. The second-order valence-corrected chi connectivity index (χ2v) is 9.79. The van der Waals surface area contributed by atoms with Crippen molar-refractivity contribution in [1.29, 1.82) is 0 Å². The van der Waals surface area contributed by atoms with Crippen molar-refractivity contribution in [1.82, 2.24) is 15.5 Å². The van der Waals surface area contributed by atoms with E-state index in [1.807, 2.05) is 60.7 Å². The zero-order valence-corrected chi connectivity index (χ0v) is 21.7. The van der Waals surface area contributed by atoms with Crippen molar-refractivity contribution in [2.24, 2.45) is 0 Å². The number of amides is 3. The van der Waals surface area contributed by atoms with E-state index in [1.54, 1.807) is 11.9 Å². The Bertz CT molecular complexity index is 1300. The topological polar surface area (TPSA) is 98.7 Å². The van der Waals surface area contributed by atoms with Gasteiger partial charge in [-0.1, -0.05) is 60.7 Å². The molecule has 0 unspecified atom stereocenters. The zero-order chi connectivity index (χ0) is 28.1. The third-order valence-electron chi connectivity index (χ3n) is 7.15. The van der Waals surface area contributed by atoms with Crippen molar-refractivity contribution in [3.05, 3.63) is 107 Å². The fraction of sp³-hybridized carbons (Fsp3) is 0.300. The highest BCUT2D eigenvalue weighted by Crippen LogP contribution is 2.37. The number of rotatable bonds is 7. The predicted octanol–water partition coefficient (Wildman–Crippen LogP) is 3.77. The lowest BCUT2D eigenvalue weighted by molar-refractivity contribution is -0.138. The molecule has 3 aromatic rings. The van der Waals surface area contributed by atoms with E-state index in [1.165, 1.54) is 6.92 Å². The van der Waals surface area contributed by atoms with Gasteiger partial charge in [-0.3, -0.25) is 14.4 Å². The first-order valence-corrected chi connectivity index (χ1v) is 12.8. The number of aliphatic hydroxyl groups is 1. The van der Waals surface area contributed by atoms with Gasteiger partial charge in [0.1, 0.15) is 23.7 Å². The van der Waals surface area contributed by atoms with Crippen LogP contribution in [-0.2, 0) is 14.4 Å². The minimum absolute atomic E-state index is 0.175. The van der Waals surface area contributed by atoms with Gasteiger partial charge < -0.3 is 20.6 Å². The Hall–Kier alpha value is -4.11. The zero-order valence-electron chi connectivity index (χ0n) is 21.7. The highest BCUT2D eigenvalue weighted by molar-refractivity contribution is 5.93. The van der Waals surface area contributed by atoms with E-state index in [9.17, 15) is 28.3 Å². The average Bonchev–Trinajstić information content (AvgIpc) is 3.04. The number of hydrogen-bond acceptors (Lipinski definition) is 4. The maximum atomic E-state index is 13.8. The molecule has 5 atom stereocenters. The molecule has 3 aromatic carbocycles. The summed E-state index contributed by atoms with van der Waals surface area (Å²) in [6.45, 7) is 1.40. The van der Waals surface area contributed by atoms with E-state index < -0.39 is 41.6 Å². The molecule has 1 heterocycles. The van der Waals surface area contributed by atoms with Gasteiger partial charge in [-0.15, -0.1) is 0 Å². The van der Waals surface area contributed by atoms with Crippen LogP contribution in [0.4, 0.5) is 8.78 Å². The SMILES string of the molecule is C[C@H](NC(=O)[C@H](O)c1cc(F)cc(F)c1)C(=O)N[C@@H]1C(=O)N(C)[C@H](c2ccccc2)CC[C@H]1c1ccccc1. The third kappa shape index (κ3) is 6.49. The van der Waals surface area contributed by atoms with Crippen molar-refractivity contribution in [3.63, 3.8) is 0 Å². The van der Waals surface area contributed by atoms with E-state index in [4.69, 9.17) is 0 Å². The lowest BCUT2D eigenvalue weighted by atomic mass is 9.86. The Morgan fingerprint density at radius 2 is 1.46 bits per heavy atom. The largest absolute Gasteiger partial charge is 0.378 e. The number of hydrogen-bond donors (Lipinski definition) is 3. The minimum atomic E-state index is -1.89. The molecule has 0 spiro atoms. The van der Waals surface area contributed by atoms with Crippen molar-refractivity contribution in [2.45, 2.75) is 49.9 Å². The van der Waals surface area contributed by atoms with Gasteiger partial charge >= 0.3 is 0 Å². The summed E-state index contributed by atoms with van der Waals surface area (Å²) in [7, 11) is 1.71. The molecule has 9 heteroatoms. The van der Waals surface area contributed by atoms with Gasteiger partial charge in [0.25, 0.3) is 5.91 Å². The molecule has 1 fully saturated rings. The third-order valence-corrected chi connectivity index (χ3v) is 7.15. The molecule has 39 heavy (non-hydrogen) atoms. The van der Waals surface area contributed by atoms with Crippen molar-refractivity contribution >= 4 is 17.7 Å². The van der Waals surface area contributed by atoms with Crippen LogP contribution in [0.25, 0.3) is 0 Å². The fourth-order valence-corrected chi connectivity index (χ4v) is 5.05. The number of likely N-dealkylation sites (tertiary alicyclic amines) is 1. The maximum Gasteiger partial charge on any atom is 0.254 e. The molecule has 0 saturated carbocycles. The molecule has 1 aliphatic heterocycles. The van der Waals surface area contributed by atoms with Crippen LogP contribution in [0.5, 0.6) is 0 Å². The molecule has 0 aliphatic carbocycles. The number of nitrogens with zero attached hydrogens (tertiary/aromatic N) is 1. The van der Waals surface area contributed by atoms with Crippen LogP contribution in [0, 0.1) is 11.6 Å². The average molecular weight is 536 g/mol. The molecule has 1 saturated heterocycles. The summed E-state index contributed by atoms with van der Waals surface area (Å²) in [6, 6.07) is 19.2. The molecule has 0 bridgehead atoms. The molecular formula is C30H31F2N3O4. The Morgan fingerprint density at radius 3 is 2.05 bits per heavy atom. The molecule has 3 amide bonds. The minimum Gasteiger partial charge on any atom is -0.378 e. The van der Waals surface area contributed by atoms with E-state index in [0.717, 1.165) is 23.3 Å². The van der Waals surface area contributed by atoms with Gasteiger partial charge in [0, 0.05) is 19.0 Å². The van der Waals surface area contributed by atoms with E-state index in [2.05, 4.69) is 10.6 Å². The van der Waals surface area contributed by atoms with E-state index in [-0.39, 0.29) is 23.4 Å². The Morgan fingerprint density at radius 1 is 0.897 bits per heavy atom. The summed E-state index contributed by atoms with van der Waals surface area (Å²) in [5.74, 6) is -4.11. The Kier molecular flexibility index (Phi) is 8.71. The number of benzene rings is 3. The number of halogens is 2. The molecular weight excluding hydrogens is 504 g/mol. The standard InChI is InChI=1S/C30H31F2N3O4/c1-18(33-29(38)27(36)21-15-22(31)17-23(32)16-21)28(37)34-26-24(19-9-5-3-6-10-19)13-14-25(35(2)30(26)39)20-11-7-4-8-12-20/h3-12,15-18,24-27,36H,13-14H2,1-2H3,(H,33,38)(H,34,37)/t18-,24-,25-,26-,27+/m0/s1. The van der Waals surface area contributed by atoms with Gasteiger partial charge in [0.15, 0.2) is 6.10 Å². The first-order chi connectivity index (χ1) is 18.7. The summed E-state index contributed by atoms with van der Waals surface area (Å²) >= 11 is 0. The molecule has 1 aliphatic rings. The van der Waals surface area contributed by atoms with Crippen molar-refractivity contribution < 1.29 is 28.3 Å². The number of aliphatic hydroxyl groups excluding tert-OH is 1. The normalized spacial score (nSPS) is 21.0. The first-order valence-electron chi connectivity index (χ1n) is 12.8. The number of carbonyl (C=O) groups excluding carboxylic acids is 3. The van der Waals surface area contributed by atoms with Crippen LogP contribution in [0.15, 0.2) is 78.9 Å². The molecule has 7 nitrogen and oxygen atoms in total. The van der Waals surface area contributed by atoms with Gasteiger partial charge in [0.05, 0.1) is 6.04 Å². The Balaban J connectivity index is 1.53. The fourth-order valence-electron chi connectivity index (χ4n) is 5.05. The van der Waals surface area contributed by atoms with E-state index >= 15 is 0 Å². The highest BCUT2D eigenvalue weighted by atomic mass is 19.1. The molecule has 0 aromatic heterocycles.